The van der Waals surface area contributed by atoms with Crippen molar-refractivity contribution in [3.63, 3.8) is 0 Å². The second-order valence-corrected chi connectivity index (χ2v) is 2.76. The van der Waals surface area contributed by atoms with Gasteiger partial charge in [-0.05, 0) is 6.07 Å². The molecule has 1 aromatic heterocycles. The van der Waals surface area contributed by atoms with Crippen molar-refractivity contribution in [2.24, 2.45) is 5.84 Å². The molecule has 0 atom stereocenters. The molecule has 0 aliphatic rings. The maximum Gasteiger partial charge on any atom is 0.420 e. The Kier molecular flexibility index (Phi) is 2.99. The summed E-state index contributed by atoms with van der Waals surface area (Å²) in [5.74, 6) is 3.85. The summed E-state index contributed by atoms with van der Waals surface area (Å²) in [5, 5.41) is 0. The molecule has 0 bridgehead atoms. The maximum absolute atomic E-state index is 12.3. The number of anilines is 1. The van der Waals surface area contributed by atoms with Crippen molar-refractivity contribution in [2.45, 2.75) is 12.4 Å². The lowest BCUT2D eigenvalue weighted by Crippen LogP contribution is -2.18. The van der Waals surface area contributed by atoms with Gasteiger partial charge in [0.15, 0.2) is 5.82 Å². The Morgan fingerprint density at radius 2 is 1.62 bits per heavy atom. The van der Waals surface area contributed by atoms with Crippen LogP contribution in [0.2, 0.25) is 0 Å². The molecular weight excluding hydrogens is 240 g/mol. The summed E-state index contributed by atoms with van der Waals surface area (Å²) in [5.41, 5.74) is -1.47. The van der Waals surface area contributed by atoms with Crippen molar-refractivity contribution in [1.29, 1.82) is 0 Å². The van der Waals surface area contributed by atoms with Crippen molar-refractivity contribution in [2.75, 3.05) is 5.43 Å². The van der Waals surface area contributed by atoms with Crippen LogP contribution >= 0.6 is 0 Å². The standard InChI is InChI=1S/C7H5F6N3/c8-6(9,10)3-1-4(7(11,12)13)5(16-14)15-2-3/h1-2H,14H2,(H,15,16). The summed E-state index contributed by atoms with van der Waals surface area (Å²) >= 11 is 0. The van der Waals surface area contributed by atoms with Crippen LogP contribution in [-0.4, -0.2) is 4.98 Å². The largest absolute Gasteiger partial charge is 0.420 e. The predicted octanol–water partition coefficient (Wildman–Crippen LogP) is 2.40. The molecule has 0 saturated heterocycles. The second kappa shape index (κ2) is 3.81. The molecule has 0 aromatic carbocycles. The van der Waals surface area contributed by atoms with Gasteiger partial charge >= 0.3 is 12.4 Å². The summed E-state index contributed by atoms with van der Waals surface area (Å²) in [6.45, 7) is 0. The highest BCUT2D eigenvalue weighted by Crippen LogP contribution is 2.37. The van der Waals surface area contributed by atoms with Gasteiger partial charge < -0.3 is 5.43 Å². The van der Waals surface area contributed by atoms with E-state index in [1.165, 1.54) is 0 Å². The van der Waals surface area contributed by atoms with Gasteiger partial charge in [0, 0.05) is 6.20 Å². The molecule has 0 spiro atoms. The number of alkyl halides is 6. The molecule has 3 N–H and O–H groups in total. The number of nitrogens with two attached hydrogens (primary N) is 1. The number of nitrogens with one attached hydrogen (secondary N) is 1. The van der Waals surface area contributed by atoms with E-state index in [-0.39, 0.29) is 12.3 Å². The first-order valence-electron chi connectivity index (χ1n) is 3.77. The Bertz CT molecular complexity index is 383. The first-order valence-corrected chi connectivity index (χ1v) is 3.77. The van der Waals surface area contributed by atoms with Crippen LogP contribution in [-0.2, 0) is 12.4 Å². The van der Waals surface area contributed by atoms with E-state index in [1.54, 1.807) is 5.43 Å². The zero-order chi connectivity index (χ0) is 12.6. The van der Waals surface area contributed by atoms with Crippen LogP contribution in [0.3, 0.4) is 0 Å². The van der Waals surface area contributed by atoms with Gasteiger partial charge in [-0.1, -0.05) is 0 Å². The van der Waals surface area contributed by atoms with E-state index in [0.29, 0.717) is 0 Å². The van der Waals surface area contributed by atoms with E-state index in [9.17, 15) is 26.3 Å². The number of nitrogens with zero attached hydrogens (tertiary/aromatic N) is 1. The average molecular weight is 245 g/mol. The molecule has 0 unspecified atom stereocenters. The summed E-state index contributed by atoms with van der Waals surface area (Å²) < 4.78 is 73.3. The predicted molar refractivity (Wildman–Crippen MR) is 42.1 cm³/mol. The van der Waals surface area contributed by atoms with Gasteiger partial charge in [-0.3, -0.25) is 0 Å². The van der Waals surface area contributed by atoms with Crippen molar-refractivity contribution >= 4 is 5.82 Å². The van der Waals surface area contributed by atoms with Gasteiger partial charge in [-0.15, -0.1) is 0 Å². The van der Waals surface area contributed by atoms with Crippen molar-refractivity contribution in [3.8, 4) is 0 Å². The van der Waals surface area contributed by atoms with Crippen LogP contribution in [0.1, 0.15) is 11.1 Å². The molecule has 0 aliphatic heterocycles. The van der Waals surface area contributed by atoms with Gasteiger partial charge in [0.05, 0.1) is 11.1 Å². The highest BCUT2D eigenvalue weighted by Gasteiger charge is 2.38. The number of hydrazine groups is 1. The van der Waals surface area contributed by atoms with E-state index >= 15 is 0 Å². The van der Waals surface area contributed by atoms with Crippen LogP contribution in [0.4, 0.5) is 32.2 Å². The highest BCUT2D eigenvalue weighted by atomic mass is 19.4. The Hall–Kier alpha value is -1.51. The number of pyridine rings is 1. The molecule has 9 heteroatoms. The molecule has 0 saturated carbocycles. The topological polar surface area (TPSA) is 50.9 Å². The first kappa shape index (κ1) is 12.6. The molecule has 0 fully saturated rings. The number of hydrogen-bond acceptors (Lipinski definition) is 3. The summed E-state index contributed by atoms with van der Waals surface area (Å²) in [7, 11) is 0. The molecule has 0 radical (unpaired) electrons. The van der Waals surface area contributed by atoms with Crippen LogP contribution in [0.15, 0.2) is 12.3 Å². The molecule has 1 aromatic rings. The fourth-order valence-electron chi connectivity index (χ4n) is 0.951. The third kappa shape index (κ3) is 2.54. The lowest BCUT2D eigenvalue weighted by atomic mass is 10.2. The van der Waals surface area contributed by atoms with E-state index in [0.717, 1.165) is 0 Å². The number of aromatic nitrogens is 1. The molecule has 0 aliphatic carbocycles. The van der Waals surface area contributed by atoms with Crippen LogP contribution in [0, 0.1) is 0 Å². The van der Waals surface area contributed by atoms with E-state index in [2.05, 4.69) is 4.98 Å². The SMILES string of the molecule is NNc1ncc(C(F)(F)F)cc1C(F)(F)F. The summed E-state index contributed by atoms with van der Waals surface area (Å²) in [6, 6.07) is -0.0534. The normalized spacial score (nSPS) is 12.7. The van der Waals surface area contributed by atoms with E-state index in [4.69, 9.17) is 5.84 Å². The fraction of sp³-hybridized carbons (Fsp3) is 0.286. The fourth-order valence-corrected chi connectivity index (χ4v) is 0.951. The minimum absolute atomic E-state index is 0.0534. The Balaban J connectivity index is 3.34. The highest BCUT2D eigenvalue weighted by molar-refractivity contribution is 5.46. The molecule has 0 amide bonds. The number of hydrogen-bond donors (Lipinski definition) is 2. The third-order valence-electron chi connectivity index (χ3n) is 1.66. The van der Waals surface area contributed by atoms with Crippen LogP contribution in [0.5, 0.6) is 0 Å². The number of rotatable bonds is 1. The first-order chi connectivity index (χ1) is 7.16. The minimum Gasteiger partial charge on any atom is -0.308 e. The smallest absolute Gasteiger partial charge is 0.308 e. The van der Waals surface area contributed by atoms with Gasteiger partial charge in [0.1, 0.15) is 0 Å². The average Bonchev–Trinajstić information content (AvgIpc) is 2.14. The molecule has 1 rings (SSSR count). The Morgan fingerprint density at radius 3 is 2.00 bits per heavy atom. The lowest BCUT2D eigenvalue weighted by Gasteiger charge is -2.14. The number of halogens is 6. The van der Waals surface area contributed by atoms with Crippen molar-refractivity contribution < 1.29 is 26.3 Å². The van der Waals surface area contributed by atoms with E-state index in [1.807, 2.05) is 0 Å². The summed E-state index contributed by atoms with van der Waals surface area (Å²) in [6.07, 6.45) is -9.58. The lowest BCUT2D eigenvalue weighted by molar-refractivity contribution is -0.143. The summed E-state index contributed by atoms with van der Waals surface area (Å²) in [4.78, 5) is 2.95. The van der Waals surface area contributed by atoms with Gasteiger partial charge in [0.2, 0.25) is 0 Å². The van der Waals surface area contributed by atoms with Crippen LogP contribution < -0.4 is 11.3 Å². The van der Waals surface area contributed by atoms with Crippen LogP contribution in [0.25, 0.3) is 0 Å². The monoisotopic (exact) mass is 245 g/mol. The van der Waals surface area contributed by atoms with Gasteiger partial charge in [-0.25, -0.2) is 10.8 Å². The third-order valence-corrected chi connectivity index (χ3v) is 1.66. The maximum atomic E-state index is 12.3. The molecule has 90 valence electrons. The molecular formula is C7H5F6N3. The zero-order valence-electron chi connectivity index (χ0n) is 7.45. The Morgan fingerprint density at radius 1 is 1.06 bits per heavy atom. The quantitative estimate of drug-likeness (QED) is 0.453. The molecule has 1 heterocycles. The van der Waals surface area contributed by atoms with Gasteiger partial charge in [0.25, 0.3) is 0 Å². The van der Waals surface area contributed by atoms with Gasteiger partial charge in [-0.2, -0.15) is 26.3 Å². The van der Waals surface area contributed by atoms with Crippen molar-refractivity contribution in [1.82, 2.24) is 4.98 Å². The Labute approximate surface area is 85.2 Å². The zero-order valence-corrected chi connectivity index (χ0v) is 7.45. The minimum atomic E-state index is -4.96. The second-order valence-electron chi connectivity index (χ2n) is 2.76. The molecule has 16 heavy (non-hydrogen) atoms. The van der Waals surface area contributed by atoms with E-state index < -0.39 is 29.3 Å². The van der Waals surface area contributed by atoms with Crippen molar-refractivity contribution in [3.05, 3.63) is 23.4 Å². The number of nitrogen functional groups attached to an aromatic ring is 1. The molecule has 3 nitrogen and oxygen atoms in total.